The molecule has 1 aromatic heterocycles. The van der Waals surface area contributed by atoms with Gasteiger partial charge in [-0.15, -0.1) is 5.10 Å². The Labute approximate surface area is 151 Å². The molecular weight excluding hydrogens is 332 g/mol. The van der Waals surface area contributed by atoms with Crippen LogP contribution in [-0.2, 0) is 11.3 Å². The van der Waals surface area contributed by atoms with Gasteiger partial charge in [0.05, 0.1) is 6.04 Å². The number of aromatic hydroxyl groups is 1. The number of carbonyl (C=O) groups excluding carboxylic acids is 1. The van der Waals surface area contributed by atoms with Crippen LogP contribution in [0.15, 0.2) is 30.6 Å². The summed E-state index contributed by atoms with van der Waals surface area (Å²) < 4.78 is 1.49. The van der Waals surface area contributed by atoms with Gasteiger partial charge in [0.15, 0.2) is 0 Å². The van der Waals surface area contributed by atoms with E-state index in [0.29, 0.717) is 18.5 Å². The van der Waals surface area contributed by atoms with E-state index in [1.807, 2.05) is 12.1 Å². The van der Waals surface area contributed by atoms with Crippen LogP contribution in [0.2, 0.25) is 0 Å². The van der Waals surface area contributed by atoms with Crippen molar-refractivity contribution in [3.05, 3.63) is 36.2 Å². The van der Waals surface area contributed by atoms with Crippen molar-refractivity contribution < 1.29 is 9.90 Å². The van der Waals surface area contributed by atoms with Crippen LogP contribution in [0.25, 0.3) is 0 Å². The Morgan fingerprint density at radius 2 is 2.08 bits per heavy atom. The van der Waals surface area contributed by atoms with Crippen LogP contribution in [0.3, 0.4) is 0 Å². The van der Waals surface area contributed by atoms with E-state index in [1.54, 1.807) is 6.07 Å². The first-order chi connectivity index (χ1) is 12.7. The van der Waals surface area contributed by atoms with E-state index in [4.69, 9.17) is 0 Å². The maximum Gasteiger partial charge on any atom is 0.244 e. The van der Waals surface area contributed by atoms with Gasteiger partial charge in [-0.3, -0.25) is 9.69 Å². The molecule has 4 aliphatic heterocycles. The minimum atomic E-state index is 0.0729. The van der Waals surface area contributed by atoms with E-state index in [1.165, 1.54) is 11.0 Å². The molecule has 8 nitrogen and oxygen atoms in total. The number of aromatic nitrogens is 4. The zero-order chi connectivity index (χ0) is 17.7. The highest BCUT2D eigenvalue weighted by molar-refractivity contribution is 5.77. The van der Waals surface area contributed by atoms with Gasteiger partial charge in [-0.25, -0.2) is 4.68 Å². The molecule has 6 rings (SSSR count). The van der Waals surface area contributed by atoms with E-state index in [9.17, 15) is 9.90 Å². The number of rotatable bonds is 3. The number of nitrogens with zero attached hydrogens (tertiary/aromatic N) is 6. The third kappa shape index (κ3) is 2.47. The zero-order valence-electron chi connectivity index (χ0n) is 14.5. The van der Waals surface area contributed by atoms with Gasteiger partial charge in [-0.2, -0.15) is 0 Å². The molecule has 0 saturated carbocycles. The standard InChI is InChI=1S/C18H22N6O2/c25-14-3-1-2-13(8-14)15-9-24(16(26)10-23-11-19-20-21-23)17-12-4-6-22(7-5-12)18(15)17/h1-3,8,11-12,15,17-18,25H,4-7,9-10H2/t15-,17+,18+/m0/s1. The highest BCUT2D eigenvalue weighted by Gasteiger charge is 2.54. The number of fused-ring (bicyclic) bond motifs is 2. The molecule has 4 fully saturated rings. The molecule has 0 spiro atoms. The maximum absolute atomic E-state index is 13.0. The summed E-state index contributed by atoms with van der Waals surface area (Å²) in [6.45, 7) is 3.08. The predicted molar refractivity (Wildman–Crippen MR) is 92.3 cm³/mol. The van der Waals surface area contributed by atoms with Crippen LogP contribution < -0.4 is 0 Å². The van der Waals surface area contributed by atoms with Crippen LogP contribution in [-0.4, -0.2) is 72.7 Å². The van der Waals surface area contributed by atoms with Crippen LogP contribution in [0, 0.1) is 5.92 Å². The Morgan fingerprint density at radius 1 is 1.23 bits per heavy atom. The van der Waals surface area contributed by atoms with E-state index < -0.39 is 0 Å². The van der Waals surface area contributed by atoms with Gasteiger partial charge in [0.25, 0.3) is 0 Å². The second-order valence-electron chi connectivity index (χ2n) is 7.61. The molecule has 1 N–H and O–H groups in total. The first-order valence-electron chi connectivity index (χ1n) is 9.24. The van der Waals surface area contributed by atoms with Gasteiger partial charge in [-0.1, -0.05) is 12.1 Å². The minimum absolute atomic E-state index is 0.0729. The molecule has 0 unspecified atom stereocenters. The Bertz CT molecular complexity index is 802. The van der Waals surface area contributed by atoms with Crippen molar-refractivity contribution >= 4 is 5.91 Å². The quantitative estimate of drug-likeness (QED) is 0.862. The number of phenolic OH excluding ortho intramolecular Hbond substituents is 1. The lowest BCUT2D eigenvalue weighted by Gasteiger charge is -2.51. The molecule has 0 aliphatic carbocycles. The topological polar surface area (TPSA) is 87.4 Å². The summed E-state index contributed by atoms with van der Waals surface area (Å²) in [5.41, 5.74) is 1.12. The SMILES string of the molecule is O=C(Cn1cnnn1)N1C[C@@H](c2cccc(O)c2)[C@@H]2[C@H]1C1CCN2CC1. The van der Waals surface area contributed by atoms with Gasteiger partial charge < -0.3 is 10.0 Å². The Balaban J connectivity index is 1.47. The molecule has 3 atom stereocenters. The average molecular weight is 354 g/mol. The Hall–Kier alpha value is -2.48. The third-order valence-corrected chi connectivity index (χ3v) is 6.30. The van der Waals surface area contributed by atoms with Gasteiger partial charge in [0.1, 0.15) is 18.6 Å². The zero-order valence-corrected chi connectivity index (χ0v) is 14.5. The van der Waals surface area contributed by atoms with E-state index >= 15 is 0 Å². The van der Waals surface area contributed by atoms with Gasteiger partial charge in [0.2, 0.25) is 5.91 Å². The first-order valence-corrected chi connectivity index (χ1v) is 9.24. The predicted octanol–water partition coefficient (Wildman–Crippen LogP) is 0.467. The number of amides is 1. The number of tetrazole rings is 1. The summed E-state index contributed by atoms with van der Waals surface area (Å²) in [5.74, 6) is 1.15. The lowest BCUT2D eigenvalue weighted by atomic mass is 9.75. The summed E-state index contributed by atoms with van der Waals surface area (Å²) in [6.07, 6.45) is 3.79. The van der Waals surface area contributed by atoms with Gasteiger partial charge >= 0.3 is 0 Å². The average Bonchev–Trinajstić information content (AvgIpc) is 3.31. The molecule has 5 heterocycles. The number of hydrogen-bond donors (Lipinski definition) is 1. The lowest BCUT2D eigenvalue weighted by Crippen LogP contribution is -2.61. The summed E-state index contributed by atoms with van der Waals surface area (Å²) in [5, 5.41) is 21.0. The van der Waals surface area contributed by atoms with Crippen LogP contribution in [0.5, 0.6) is 5.75 Å². The van der Waals surface area contributed by atoms with E-state index in [-0.39, 0.29) is 30.2 Å². The van der Waals surface area contributed by atoms with Crippen molar-refractivity contribution in [3.8, 4) is 5.75 Å². The van der Waals surface area contributed by atoms with E-state index in [0.717, 1.165) is 31.5 Å². The number of piperidine rings is 3. The molecular formula is C18H22N6O2. The number of likely N-dealkylation sites (tertiary alicyclic amines) is 1. The van der Waals surface area contributed by atoms with Crippen molar-refractivity contribution in [2.45, 2.75) is 37.4 Å². The molecule has 1 aromatic carbocycles. The highest BCUT2D eigenvalue weighted by Crippen LogP contribution is 2.46. The monoisotopic (exact) mass is 354 g/mol. The number of hydrogen-bond acceptors (Lipinski definition) is 6. The van der Waals surface area contributed by atoms with Crippen molar-refractivity contribution in [1.29, 1.82) is 0 Å². The largest absolute Gasteiger partial charge is 0.508 e. The molecule has 4 aliphatic rings. The Kier molecular flexibility index (Phi) is 3.66. The van der Waals surface area contributed by atoms with Crippen molar-refractivity contribution in [2.24, 2.45) is 5.92 Å². The third-order valence-electron chi connectivity index (χ3n) is 6.30. The highest BCUT2D eigenvalue weighted by atomic mass is 16.3. The Morgan fingerprint density at radius 3 is 2.81 bits per heavy atom. The van der Waals surface area contributed by atoms with Gasteiger partial charge in [0, 0.05) is 18.5 Å². The van der Waals surface area contributed by atoms with Gasteiger partial charge in [-0.05, 0) is 60.0 Å². The van der Waals surface area contributed by atoms with Crippen LogP contribution in [0.1, 0.15) is 24.3 Å². The molecule has 1 amide bonds. The second-order valence-corrected chi connectivity index (χ2v) is 7.61. The summed E-state index contributed by atoms with van der Waals surface area (Å²) >= 11 is 0. The maximum atomic E-state index is 13.0. The molecule has 8 heteroatoms. The molecule has 2 aromatic rings. The number of carbonyl (C=O) groups is 1. The molecule has 2 bridgehead atoms. The van der Waals surface area contributed by atoms with Crippen molar-refractivity contribution in [1.82, 2.24) is 30.0 Å². The van der Waals surface area contributed by atoms with E-state index in [2.05, 4.69) is 31.4 Å². The smallest absolute Gasteiger partial charge is 0.244 e. The fourth-order valence-electron chi connectivity index (χ4n) is 5.24. The van der Waals surface area contributed by atoms with Crippen molar-refractivity contribution in [2.75, 3.05) is 19.6 Å². The molecule has 0 radical (unpaired) electrons. The number of phenols is 1. The first kappa shape index (κ1) is 15.7. The van der Waals surface area contributed by atoms with Crippen LogP contribution in [0.4, 0.5) is 0 Å². The minimum Gasteiger partial charge on any atom is -0.508 e. The normalized spacial score (nSPS) is 32.6. The fourth-order valence-corrected chi connectivity index (χ4v) is 5.24. The van der Waals surface area contributed by atoms with Crippen LogP contribution >= 0.6 is 0 Å². The fraction of sp³-hybridized carbons (Fsp3) is 0.556. The number of benzene rings is 1. The summed E-state index contributed by atoms with van der Waals surface area (Å²) in [7, 11) is 0. The summed E-state index contributed by atoms with van der Waals surface area (Å²) in [4.78, 5) is 17.6. The summed E-state index contributed by atoms with van der Waals surface area (Å²) in [6, 6.07) is 8.09. The molecule has 26 heavy (non-hydrogen) atoms. The lowest BCUT2D eigenvalue weighted by molar-refractivity contribution is -0.136. The molecule has 136 valence electrons. The second kappa shape index (κ2) is 6.05. The van der Waals surface area contributed by atoms with Crippen molar-refractivity contribution in [3.63, 3.8) is 0 Å². The molecule has 4 saturated heterocycles.